The molecular weight excluding hydrogens is 626 g/mol. The van der Waals surface area contributed by atoms with Crippen molar-refractivity contribution in [2.45, 2.75) is 86.8 Å². The molecule has 3 aromatic carbocycles. The number of benzene rings is 3. The minimum Gasteiger partial charge on any atom is -0.489 e. The highest BCUT2D eigenvalue weighted by atomic mass is 32.2. The lowest BCUT2D eigenvalue weighted by Crippen LogP contribution is -2.52. The summed E-state index contributed by atoms with van der Waals surface area (Å²) in [5, 5.41) is 31.4. The first kappa shape index (κ1) is 34.3. The van der Waals surface area contributed by atoms with Crippen LogP contribution < -0.4 is 10.5 Å². The molecular formula is C36H44F2N2O6S. The summed E-state index contributed by atoms with van der Waals surface area (Å²) in [5.74, 6) is -0.228. The summed E-state index contributed by atoms with van der Waals surface area (Å²) < 4.78 is 46.4. The molecule has 3 aliphatic heterocycles. The Hall–Kier alpha value is -2.61. The van der Waals surface area contributed by atoms with Crippen LogP contribution >= 0.6 is 11.8 Å². The number of hydrogen-bond acceptors (Lipinski definition) is 9. The number of aryl methyl sites for hydroxylation is 1. The van der Waals surface area contributed by atoms with Crippen LogP contribution in [0.1, 0.15) is 59.8 Å². The van der Waals surface area contributed by atoms with Gasteiger partial charge in [-0.15, -0.1) is 11.8 Å². The van der Waals surface area contributed by atoms with Crippen LogP contribution in [0.4, 0.5) is 8.78 Å². The molecule has 47 heavy (non-hydrogen) atoms. The summed E-state index contributed by atoms with van der Waals surface area (Å²) >= 11 is 1.30. The second kappa shape index (κ2) is 14.9. The van der Waals surface area contributed by atoms with E-state index in [-0.39, 0.29) is 17.7 Å². The Labute approximate surface area is 278 Å². The van der Waals surface area contributed by atoms with Crippen LogP contribution in [-0.2, 0) is 22.3 Å². The van der Waals surface area contributed by atoms with Crippen LogP contribution in [0.2, 0.25) is 0 Å². The molecule has 0 aliphatic carbocycles. The maximum Gasteiger partial charge on any atom is 0.132 e. The van der Waals surface area contributed by atoms with Gasteiger partial charge in [0.25, 0.3) is 0 Å². The molecule has 0 radical (unpaired) electrons. The Kier molecular flexibility index (Phi) is 10.8. The quantitative estimate of drug-likeness (QED) is 0.265. The van der Waals surface area contributed by atoms with Crippen LogP contribution in [0.15, 0.2) is 60.7 Å². The minimum atomic E-state index is -1.29. The van der Waals surface area contributed by atoms with Crippen LogP contribution in [0.25, 0.3) is 0 Å². The van der Waals surface area contributed by atoms with E-state index < -0.39 is 53.6 Å². The highest BCUT2D eigenvalue weighted by Gasteiger charge is 2.44. The SMILES string of the molecule is CCc1ccc([C@@H]2O[C@H](SC)[C@@H](O)[C@H](O)[C@H]2O)cc1Cc1ccc(O[C@@H]2CCN([C@@H]3CO[C@H](c4cc(F)ccc4F)[C@@H](N)C3)C2)cc1. The molecule has 6 rings (SSSR count). The molecule has 3 saturated heterocycles. The van der Waals surface area contributed by atoms with E-state index in [2.05, 4.69) is 24.0 Å². The van der Waals surface area contributed by atoms with Crippen molar-refractivity contribution >= 4 is 11.8 Å². The number of ether oxygens (including phenoxy) is 3. The predicted octanol–water partition coefficient (Wildman–Crippen LogP) is 4.27. The number of nitrogens with zero attached hydrogens (tertiary/aromatic N) is 1. The van der Waals surface area contributed by atoms with Crippen molar-refractivity contribution in [3.05, 3.63) is 100 Å². The van der Waals surface area contributed by atoms with Gasteiger partial charge in [-0.05, 0) is 84.5 Å². The fourth-order valence-electron chi connectivity index (χ4n) is 7.08. The van der Waals surface area contributed by atoms with Gasteiger partial charge >= 0.3 is 0 Å². The zero-order valence-corrected chi connectivity index (χ0v) is 27.5. The third-order valence-electron chi connectivity index (χ3n) is 9.72. The van der Waals surface area contributed by atoms with E-state index in [9.17, 15) is 24.1 Å². The van der Waals surface area contributed by atoms with Crippen molar-refractivity contribution in [2.75, 3.05) is 26.0 Å². The summed E-state index contributed by atoms with van der Waals surface area (Å²) in [6, 6.07) is 17.1. The molecule has 9 atom stereocenters. The standard InChI is InChI=1S/C36H44F2N2O6S/c1-3-21-6-7-22(34-32(42)31(41)33(43)36(46-34)47-2)15-23(21)14-20-4-9-26(10-5-20)45-27-12-13-40(18-27)25-17-30(39)35(44-19-25)28-16-24(37)8-11-29(28)38/h4-11,15-16,25,27,30-36,41-43H,3,12-14,17-19,39H2,1-2H3/t25-,27+,30-,31+,32+,33-,34-,35+,36+/m0/s1. The molecule has 3 fully saturated rings. The lowest BCUT2D eigenvalue weighted by molar-refractivity contribution is -0.200. The molecule has 3 aromatic rings. The maximum absolute atomic E-state index is 14.3. The van der Waals surface area contributed by atoms with Crippen molar-refractivity contribution in [1.82, 2.24) is 4.90 Å². The van der Waals surface area contributed by atoms with Crippen molar-refractivity contribution < 1.29 is 38.3 Å². The monoisotopic (exact) mass is 670 g/mol. The third kappa shape index (κ3) is 7.52. The zero-order valence-electron chi connectivity index (χ0n) is 26.7. The number of rotatable bonds is 9. The Bertz CT molecular complexity index is 1510. The smallest absolute Gasteiger partial charge is 0.132 e. The lowest BCUT2D eigenvalue weighted by Gasteiger charge is -2.40. The van der Waals surface area contributed by atoms with Gasteiger partial charge in [-0.2, -0.15) is 0 Å². The van der Waals surface area contributed by atoms with Crippen LogP contribution in [0, 0.1) is 11.6 Å². The summed E-state index contributed by atoms with van der Waals surface area (Å²) in [5.41, 5.74) is 10.1. The molecule has 5 N–H and O–H groups in total. The zero-order chi connectivity index (χ0) is 33.2. The fourth-order valence-corrected chi connectivity index (χ4v) is 7.75. The van der Waals surface area contributed by atoms with Gasteiger partial charge in [0.2, 0.25) is 0 Å². The molecule has 0 spiro atoms. The van der Waals surface area contributed by atoms with Gasteiger partial charge in [0.05, 0.1) is 6.61 Å². The van der Waals surface area contributed by atoms with Gasteiger partial charge in [0.15, 0.2) is 0 Å². The Balaban J connectivity index is 1.05. The number of likely N-dealkylation sites (tertiary alicyclic amines) is 1. The van der Waals surface area contributed by atoms with Crippen molar-refractivity contribution in [1.29, 1.82) is 0 Å². The highest BCUT2D eigenvalue weighted by molar-refractivity contribution is 7.99. The first-order valence-electron chi connectivity index (χ1n) is 16.3. The molecule has 0 bridgehead atoms. The Morgan fingerprint density at radius 2 is 1.74 bits per heavy atom. The van der Waals surface area contributed by atoms with E-state index in [1.807, 2.05) is 30.3 Å². The molecule has 3 heterocycles. The van der Waals surface area contributed by atoms with E-state index >= 15 is 0 Å². The second-order valence-corrected chi connectivity index (χ2v) is 13.8. The highest BCUT2D eigenvalue weighted by Crippen LogP contribution is 2.37. The molecule has 0 unspecified atom stereocenters. The summed E-state index contributed by atoms with van der Waals surface area (Å²) in [6.07, 6.45) is -0.289. The molecule has 0 saturated carbocycles. The number of aliphatic hydroxyl groups is 3. The van der Waals surface area contributed by atoms with E-state index in [4.69, 9.17) is 19.9 Å². The maximum atomic E-state index is 14.3. The largest absolute Gasteiger partial charge is 0.489 e. The van der Waals surface area contributed by atoms with Gasteiger partial charge in [0.1, 0.15) is 59.4 Å². The molecule has 11 heteroatoms. The first-order valence-corrected chi connectivity index (χ1v) is 17.6. The minimum absolute atomic E-state index is 0.0136. The molecule has 0 aromatic heterocycles. The second-order valence-electron chi connectivity index (χ2n) is 12.8. The topological polar surface area (TPSA) is 118 Å². The van der Waals surface area contributed by atoms with Crippen LogP contribution in [-0.4, -0.2) is 88.1 Å². The molecule has 3 aliphatic rings. The normalized spacial score (nSPS) is 31.6. The van der Waals surface area contributed by atoms with Gasteiger partial charge in [-0.3, -0.25) is 4.90 Å². The summed E-state index contributed by atoms with van der Waals surface area (Å²) in [6.45, 7) is 4.06. The van der Waals surface area contributed by atoms with E-state index in [1.165, 1.54) is 23.4 Å². The number of nitrogens with two attached hydrogens (primary N) is 1. The van der Waals surface area contributed by atoms with Gasteiger partial charge in [-0.1, -0.05) is 37.3 Å². The number of thioether (sulfide) groups is 1. The van der Waals surface area contributed by atoms with Crippen LogP contribution in [0.3, 0.4) is 0 Å². The van der Waals surface area contributed by atoms with Crippen LogP contribution in [0.5, 0.6) is 5.75 Å². The average molecular weight is 671 g/mol. The van der Waals surface area contributed by atoms with Gasteiger partial charge in [-0.25, -0.2) is 8.78 Å². The Morgan fingerprint density at radius 3 is 2.47 bits per heavy atom. The fraction of sp³-hybridized carbons (Fsp3) is 0.500. The molecule has 0 amide bonds. The van der Waals surface area contributed by atoms with E-state index in [1.54, 1.807) is 6.26 Å². The van der Waals surface area contributed by atoms with Gasteiger partial charge in [0, 0.05) is 30.7 Å². The van der Waals surface area contributed by atoms with Crippen molar-refractivity contribution in [3.63, 3.8) is 0 Å². The van der Waals surface area contributed by atoms with Gasteiger partial charge < -0.3 is 35.3 Å². The third-order valence-corrected chi connectivity index (χ3v) is 10.6. The molecule has 254 valence electrons. The van der Waals surface area contributed by atoms with E-state index in [0.29, 0.717) is 19.4 Å². The summed E-state index contributed by atoms with van der Waals surface area (Å²) in [7, 11) is 0. The number of hydrogen-bond donors (Lipinski definition) is 4. The van der Waals surface area contributed by atoms with Crippen molar-refractivity contribution in [2.24, 2.45) is 5.73 Å². The summed E-state index contributed by atoms with van der Waals surface area (Å²) in [4.78, 5) is 2.31. The lowest BCUT2D eigenvalue weighted by atomic mass is 9.90. The molecule has 8 nitrogen and oxygen atoms in total. The Morgan fingerprint density at radius 1 is 0.957 bits per heavy atom. The number of halogens is 2. The van der Waals surface area contributed by atoms with Crippen molar-refractivity contribution in [3.8, 4) is 5.75 Å². The first-order chi connectivity index (χ1) is 22.6. The van der Waals surface area contributed by atoms with E-state index in [0.717, 1.165) is 60.5 Å². The predicted molar refractivity (Wildman–Crippen MR) is 176 cm³/mol. The average Bonchev–Trinajstić information content (AvgIpc) is 3.54. The number of aliphatic hydroxyl groups excluding tert-OH is 3.